The molecule has 1 fully saturated rings. The smallest absolute Gasteiger partial charge is 0.228 e. The maximum Gasteiger partial charge on any atom is 0.228 e. The van der Waals surface area contributed by atoms with Crippen LogP contribution < -0.4 is 10.2 Å². The molecular weight excluding hydrogens is 326 g/mol. The van der Waals surface area contributed by atoms with Crippen LogP contribution in [0.2, 0.25) is 0 Å². The first kappa shape index (κ1) is 16.4. The molecule has 0 saturated carbocycles. The average molecular weight is 347 g/mol. The van der Waals surface area contributed by atoms with E-state index in [9.17, 15) is 4.79 Å². The van der Waals surface area contributed by atoms with Crippen LogP contribution in [0.15, 0.2) is 49.2 Å². The Morgan fingerprint density at radius 1 is 1.08 bits per heavy atom. The van der Waals surface area contributed by atoms with Crippen molar-refractivity contribution in [2.45, 2.75) is 25.7 Å². The van der Waals surface area contributed by atoms with Crippen LogP contribution in [0.1, 0.15) is 24.8 Å². The van der Waals surface area contributed by atoms with Crippen LogP contribution in [0.25, 0.3) is 10.9 Å². The van der Waals surface area contributed by atoms with Crippen molar-refractivity contribution in [3.05, 3.63) is 54.7 Å². The number of hydrogen-bond donors (Lipinski definition) is 1. The number of nitrogens with zero attached hydrogens (tertiary/aromatic N) is 4. The number of nitrogens with one attached hydrogen (secondary N) is 1. The lowest BCUT2D eigenvalue weighted by atomic mass is 10.1. The molecule has 3 heterocycles. The zero-order valence-electron chi connectivity index (χ0n) is 14.6. The number of anilines is 2. The summed E-state index contributed by atoms with van der Waals surface area (Å²) in [4.78, 5) is 27.3. The van der Waals surface area contributed by atoms with Gasteiger partial charge < -0.3 is 10.2 Å². The number of amides is 1. The molecule has 6 nitrogen and oxygen atoms in total. The van der Waals surface area contributed by atoms with Gasteiger partial charge in [-0.1, -0.05) is 0 Å². The van der Waals surface area contributed by atoms with Crippen molar-refractivity contribution in [3.8, 4) is 0 Å². The Kier molecular flexibility index (Phi) is 4.73. The third-order valence-corrected chi connectivity index (χ3v) is 4.70. The summed E-state index contributed by atoms with van der Waals surface area (Å²) in [6.07, 6.45) is 10.5. The standard InChI is InChI=1S/C20H21N5O/c26-19(11-15-12-21-14-22-13-15)24-17-6-7-18(25-9-2-1-3-10-25)16-5-4-8-23-20(16)17/h4-8,12-14H,1-3,9-11H2,(H,24,26). The van der Waals surface area contributed by atoms with Gasteiger partial charge in [-0.15, -0.1) is 0 Å². The van der Waals surface area contributed by atoms with Gasteiger partial charge in [0.05, 0.1) is 17.6 Å². The largest absolute Gasteiger partial charge is 0.371 e. The van der Waals surface area contributed by atoms with E-state index in [1.165, 1.54) is 31.3 Å². The summed E-state index contributed by atoms with van der Waals surface area (Å²) in [5.41, 5.74) is 3.55. The van der Waals surface area contributed by atoms with Crippen LogP contribution in [0.3, 0.4) is 0 Å². The number of fused-ring (bicyclic) bond motifs is 1. The number of piperidine rings is 1. The molecule has 0 spiro atoms. The Balaban J connectivity index is 1.61. The highest BCUT2D eigenvalue weighted by Crippen LogP contribution is 2.32. The highest BCUT2D eigenvalue weighted by atomic mass is 16.1. The number of pyridine rings is 1. The highest BCUT2D eigenvalue weighted by molar-refractivity contribution is 6.05. The minimum atomic E-state index is -0.0996. The number of carbonyl (C=O) groups is 1. The van der Waals surface area contributed by atoms with Gasteiger partial charge >= 0.3 is 0 Å². The van der Waals surface area contributed by atoms with Crippen LogP contribution >= 0.6 is 0 Å². The summed E-state index contributed by atoms with van der Waals surface area (Å²) in [6.45, 7) is 2.15. The SMILES string of the molecule is O=C(Cc1cncnc1)Nc1ccc(N2CCCCC2)c2cccnc12. The van der Waals surface area contributed by atoms with Gasteiger partial charge in [-0.05, 0) is 49.1 Å². The van der Waals surface area contributed by atoms with E-state index in [0.717, 1.165) is 35.2 Å². The number of rotatable bonds is 4. The summed E-state index contributed by atoms with van der Waals surface area (Å²) in [6, 6.07) is 8.07. The third-order valence-electron chi connectivity index (χ3n) is 4.70. The van der Waals surface area contributed by atoms with Crippen molar-refractivity contribution in [3.63, 3.8) is 0 Å². The zero-order chi connectivity index (χ0) is 17.8. The summed E-state index contributed by atoms with van der Waals surface area (Å²) in [5.74, 6) is -0.0996. The summed E-state index contributed by atoms with van der Waals surface area (Å²) >= 11 is 0. The minimum absolute atomic E-state index is 0.0996. The number of hydrogen-bond acceptors (Lipinski definition) is 5. The van der Waals surface area contributed by atoms with E-state index in [4.69, 9.17) is 0 Å². The van der Waals surface area contributed by atoms with E-state index in [1.54, 1.807) is 18.6 Å². The second kappa shape index (κ2) is 7.47. The molecule has 0 bridgehead atoms. The van der Waals surface area contributed by atoms with Gasteiger partial charge in [-0.2, -0.15) is 0 Å². The first-order valence-corrected chi connectivity index (χ1v) is 8.98. The Bertz CT molecular complexity index is 906. The van der Waals surface area contributed by atoms with Crippen molar-refractivity contribution < 1.29 is 4.79 Å². The third kappa shape index (κ3) is 3.49. The molecule has 1 N–H and O–H groups in total. The number of aromatic nitrogens is 3. The molecule has 1 saturated heterocycles. The van der Waals surface area contributed by atoms with Gasteiger partial charge in [0.15, 0.2) is 0 Å². The zero-order valence-corrected chi connectivity index (χ0v) is 14.6. The molecule has 1 aliphatic rings. The predicted octanol–water partition coefficient (Wildman–Crippen LogP) is 3.20. The van der Waals surface area contributed by atoms with Crippen molar-refractivity contribution in [2.24, 2.45) is 0 Å². The van der Waals surface area contributed by atoms with E-state index in [2.05, 4.69) is 37.3 Å². The fourth-order valence-electron chi connectivity index (χ4n) is 3.47. The Hall–Kier alpha value is -3.02. The number of benzene rings is 1. The fourth-order valence-corrected chi connectivity index (χ4v) is 3.47. The maximum absolute atomic E-state index is 12.4. The first-order chi connectivity index (χ1) is 12.8. The lowest BCUT2D eigenvalue weighted by Crippen LogP contribution is -2.29. The quantitative estimate of drug-likeness (QED) is 0.785. The second-order valence-corrected chi connectivity index (χ2v) is 6.55. The Morgan fingerprint density at radius 3 is 2.69 bits per heavy atom. The molecule has 1 aromatic carbocycles. The van der Waals surface area contributed by atoms with E-state index in [0.29, 0.717) is 0 Å². The van der Waals surface area contributed by atoms with Crippen LogP contribution in [0, 0.1) is 0 Å². The molecule has 6 heteroatoms. The predicted molar refractivity (Wildman–Crippen MR) is 102 cm³/mol. The van der Waals surface area contributed by atoms with Crippen LogP contribution in [0.5, 0.6) is 0 Å². The van der Waals surface area contributed by atoms with Crippen LogP contribution in [0.4, 0.5) is 11.4 Å². The average Bonchev–Trinajstić information content (AvgIpc) is 2.70. The molecule has 2 aromatic heterocycles. The van der Waals surface area contributed by atoms with E-state index in [-0.39, 0.29) is 12.3 Å². The normalized spacial score (nSPS) is 14.4. The lowest BCUT2D eigenvalue weighted by molar-refractivity contribution is -0.115. The molecule has 0 atom stereocenters. The molecule has 0 aliphatic carbocycles. The Labute approximate surface area is 152 Å². The topological polar surface area (TPSA) is 71.0 Å². The minimum Gasteiger partial charge on any atom is -0.371 e. The van der Waals surface area contributed by atoms with E-state index in [1.807, 2.05) is 12.1 Å². The molecule has 3 aromatic rings. The van der Waals surface area contributed by atoms with Crippen molar-refractivity contribution in [2.75, 3.05) is 23.3 Å². The van der Waals surface area contributed by atoms with Gasteiger partial charge in [0.25, 0.3) is 0 Å². The molecule has 0 radical (unpaired) electrons. The summed E-state index contributed by atoms with van der Waals surface area (Å²) < 4.78 is 0. The maximum atomic E-state index is 12.4. The molecular formula is C20H21N5O. The van der Waals surface area contributed by atoms with Crippen LogP contribution in [-0.2, 0) is 11.2 Å². The molecule has 4 rings (SSSR count). The summed E-state index contributed by atoms with van der Waals surface area (Å²) in [5, 5.41) is 4.07. The molecule has 26 heavy (non-hydrogen) atoms. The monoisotopic (exact) mass is 347 g/mol. The molecule has 0 unspecified atom stereocenters. The Morgan fingerprint density at radius 2 is 1.88 bits per heavy atom. The fraction of sp³-hybridized carbons (Fsp3) is 0.300. The van der Waals surface area contributed by atoms with Gasteiger partial charge in [0, 0.05) is 42.8 Å². The van der Waals surface area contributed by atoms with Gasteiger partial charge in [0.2, 0.25) is 5.91 Å². The molecule has 1 amide bonds. The lowest BCUT2D eigenvalue weighted by Gasteiger charge is -2.30. The van der Waals surface area contributed by atoms with Crippen LogP contribution in [-0.4, -0.2) is 33.9 Å². The summed E-state index contributed by atoms with van der Waals surface area (Å²) in [7, 11) is 0. The molecule has 1 aliphatic heterocycles. The molecule has 132 valence electrons. The first-order valence-electron chi connectivity index (χ1n) is 8.98. The van der Waals surface area contributed by atoms with Gasteiger partial charge in [-0.3, -0.25) is 9.78 Å². The van der Waals surface area contributed by atoms with Gasteiger partial charge in [0.1, 0.15) is 6.33 Å². The van der Waals surface area contributed by atoms with Crippen molar-refractivity contribution in [1.29, 1.82) is 0 Å². The second-order valence-electron chi connectivity index (χ2n) is 6.55. The number of carbonyl (C=O) groups excluding carboxylic acids is 1. The van der Waals surface area contributed by atoms with E-state index < -0.39 is 0 Å². The van der Waals surface area contributed by atoms with Gasteiger partial charge in [-0.25, -0.2) is 9.97 Å². The highest BCUT2D eigenvalue weighted by Gasteiger charge is 2.16. The van der Waals surface area contributed by atoms with Crippen molar-refractivity contribution >= 4 is 28.2 Å². The van der Waals surface area contributed by atoms with E-state index >= 15 is 0 Å². The van der Waals surface area contributed by atoms with Crippen molar-refractivity contribution in [1.82, 2.24) is 15.0 Å².